The van der Waals surface area contributed by atoms with Crippen LogP contribution in [0.4, 0.5) is 11.4 Å². The second-order valence-corrected chi connectivity index (χ2v) is 11.5. The molecule has 3 N–H and O–H groups in total. The molecule has 0 spiro atoms. The Kier molecular flexibility index (Phi) is 9.84. The van der Waals surface area contributed by atoms with Gasteiger partial charge in [0, 0.05) is 62.2 Å². The molecule has 9 nitrogen and oxygen atoms in total. The molecule has 3 aromatic carbocycles. The summed E-state index contributed by atoms with van der Waals surface area (Å²) in [6, 6.07) is 18.6. The summed E-state index contributed by atoms with van der Waals surface area (Å²) in [6.45, 7) is 9.90. The fourth-order valence-electron chi connectivity index (χ4n) is 6.08. The van der Waals surface area contributed by atoms with Crippen LogP contribution < -0.4 is 15.1 Å². The van der Waals surface area contributed by atoms with Crippen molar-refractivity contribution in [1.82, 2.24) is 10.2 Å². The molecule has 3 aliphatic rings. The lowest BCUT2D eigenvalue weighted by Crippen LogP contribution is -2.45. The molecule has 0 radical (unpaired) electrons. The minimum atomic E-state index is -1.11. The molecule has 9 heteroatoms. The van der Waals surface area contributed by atoms with E-state index in [0.29, 0.717) is 0 Å². The minimum absolute atomic E-state index is 0.0331. The van der Waals surface area contributed by atoms with Gasteiger partial charge in [0.05, 0.1) is 13.2 Å². The van der Waals surface area contributed by atoms with E-state index in [9.17, 15) is 9.59 Å². The van der Waals surface area contributed by atoms with E-state index in [-0.39, 0.29) is 23.3 Å². The lowest BCUT2D eigenvalue weighted by Gasteiger charge is -2.37. The Morgan fingerprint density at radius 1 is 0.860 bits per heavy atom. The number of ether oxygens (including phenoxy) is 1. The van der Waals surface area contributed by atoms with E-state index in [1.165, 1.54) is 34.5 Å². The van der Waals surface area contributed by atoms with E-state index in [2.05, 4.69) is 58.3 Å². The molecule has 6 rings (SSSR count). The largest absolute Gasteiger partial charge is 0.507 e. The number of morpholine rings is 1. The number of rotatable bonds is 5. The quantitative estimate of drug-likeness (QED) is 0.413. The average Bonchev–Trinajstić information content (AvgIpc) is 3.03. The highest BCUT2D eigenvalue weighted by molar-refractivity contribution is 5.94. The number of para-hydroxylation sites is 1. The Labute approximate surface area is 253 Å². The molecule has 2 fully saturated rings. The Hall–Kier alpha value is -4.08. The number of carboxylic acids is 1. The lowest BCUT2D eigenvalue weighted by atomic mass is 9.84. The minimum Gasteiger partial charge on any atom is -0.507 e. The summed E-state index contributed by atoms with van der Waals surface area (Å²) in [5.74, 6) is -1.28. The molecule has 2 heterocycles. The van der Waals surface area contributed by atoms with Crippen LogP contribution in [-0.2, 0) is 17.6 Å². The summed E-state index contributed by atoms with van der Waals surface area (Å²) in [7, 11) is 2.20. The average molecular weight is 587 g/mol. The highest BCUT2D eigenvalue weighted by atomic mass is 16.5. The molecule has 43 heavy (non-hydrogen) atoms. The number of anilines is 2. The molecule has 2 saturated heterocycles. The van der Waals surface area contributed by atoms with Gasteiger partial charge in [0.15, 0.2) is 0 Å². The number of hydrogen-bond acceptors (Lipinski definition) is 7. The lowest BCUT2D eigenvalue weighted by molar-refractivity contribution is 0.0693. The van der Waals surface area contributed by atoms with E-state index < -0.39 is 5.97 Å². The number of carboxylic acid groups (broad SMARTS) is 1. The van der Waals surface area contributed by atoms with Crippen LogP contribution in [0.1, 0.15) is 43.8 Å². The monoisotopic (exact) mass is 586 g/mol. The third-order valence-electron chi connectivity index (χ3n) is 8.65. The number of nitrogens with zero attached hydrogens (tertiary/aromatic N) is 3. The SMILES string of the molecule is Cc1ccc(N2CCN(C)CC2)c2c1CCC(NC(=O)c1ccc(N3CCOCC3)cc1)C2.O=C(O)c1ccccc1O. The van der Waals surface area contributed by atoms with Crippen molar-refractivity contribution < 1.29 is 24.5 Å². The van der Waals surface area contributed by atoms with Crippen LogP contribution in [0, 0.1) is 6.92 Å². The van der Waals surface area contributed by atoms with E-state index in [0.717, 1.165) is 83.0 Å². The number of nitrogens with one attached hydrogen (secondary N) is 1. The molecule has 0 saturated carbocycles. The maximum absolute atomic E-state index is 13.0. The summed E-state index contributed by atoms with van der Waals surface area (Å²) < 4.78 is 5.44. The molecule has 1 atom stereocenters. The van der Waals surface area contributed by atoms with Gasteiger partial charge in [-0.05, 0) is 92.4 Å². The van der Waals surface area contributed by atoms with Gasteiger partial charge in [0.1, 0.15) is 11.3 Å². The zero-order chi connectivity index (χ0) is 30.3. The summed E-state index contributed by atoms with van der Waals surface area (Å²) in [6.07, 6.45) is 2.94. The Morgan fingerprint density at radius 3 is 2.21 bits per heavy atom. The van der Waals surface area contributed by atoms with Crippen LogP contribution in [-0.4, -0.2) is 92.6 Å². The smallest absolute Gasteiger partial charge is 0.339 e. The van der Waals surface area contributed by atoms with Crippen LogP contribution >= 0.6 is 0 Å². The maximum atomic E-state index is 13.0. The second-order valence-electron chi connectivity index (χ2n) is 11.5. The number of phenols is 1. The number of hydrogen-bond donors (Lipinski definition) is 3. The number of carbonyl (C=O) groups is 2. The fraction of sp³-hybridized carbons (Fsp3) is 0.412. The molecule has 2 aliphatic heterocycles. The zero-order valence-corrected chi connectivity index (χ0v) is 25.1. The molecule has 1 unspecified atom stereocenters. The van der Waals surface area contributed by atoms with Gasteiger partial charge in [-0.3, -0.25) is 4.79 Å². The number of aryl methyl sites for hydroxylation is 1. The van der Waals surface area contributed by atoms with Crippen molar-refractivity contribution >= 4 is 23.3 Å². The molecular formula is C34H42N4O5. The fourth-order valence-corrected chi connectivity index (χ4v) is 6.08. The van der Waals surface area contributed by atoms with Gasteiger partial charge in [-0.15, -0.1) is 0 Å². The van der Waals surface area contributed by atoms with Gasteiger partial charge < -0.3 is 35.0 Å². The molecule has 1 amide bonds. The van der Waals surface area contributed by atoms with Crippen molar-refractivity contribution in [3.63, 3.8) is 0 Å². The molecule has 0 bridgehead atoms. The van der Waals surface area contributed by atoms with Crippen molar-refractivity contribution in [3.8, 4) is 5.75 Å². The molecule has 0 aromatic heterocycles. The number of likely N-dealkylation sites (N-methyl/N-ethyl adjacent to an activating group) is 1. The number of fused-ring (bicyclic) bond motifs is 1. The number of carbonyl (C=O) groups excluding carboxylic acids is 1. The van der Waals surface area contributed by atoms with E-state index >= 15 is 0 Å². The van der Waals surface area contributed by atoms with Gasteiger partial charge in [0.25, 0.3) is 5.91 Å². The summed E-state index contributed by atoms with van der Waals surface area (Å²) >= 11 is 0. The van der Waals surface area contributed by atoms with Crippen LogP contribution in [0.2, 0.25) is 0 Å². The Morgan fingerprint density at radius 2 is 1.56 bits per heavy atom. The van der Waals surface area contributed by atoms with Gasteiger partial charge in [-0.25, -0.2) is 4.79 Å². The van der Waals surface area contributed by atoms with Crippen LogP contribution in [0.15, 0.2) is 60.7 Å². The van der Waals surface area contributed by atoms with Crippen LogP contribution in [0.25, 0.3) is 0 Å². The summed E-state index contributed by atoms with van der Waals surface area (Å²) in [5, 5.41) is 20.6. The Bertz CT molecular complexity index is 1410. The molecule has 1 aliphatic carbocycles. The van der Waals surface area contributed by atoms with Gasteiger partial charge in [-0.1, -0.05) is 18.2 Å². The standard InChI is InChI=1S/C27H36N4O2.C7H6O3/c1-20-3-10-26(31-13-11-29(2)12-14-31)25-19-22(6-9-24(20)25)28-27(32)21-4-7-23(8-5-21)30-15-17-33-18-16-30;8-6-4-2-1-3-5(6)7(9)10/h3-5,7-8,10,22H,6,9,11-19H2,1-2H3,(H,28,32);1-4,8H,(H,9,10). The zero-order valence-electron chi connectivity index (χ0n) is 25.1. The normalized spacial score (nSPS) is 18.7. The second kappa shape index (κ2) is 13.9. The number of piperazine rings is 1. The number of benzene rings is 3. The van der Waals surface area contributed by atoms with E-state index in [1.807, 2.05) is 12.1 Å². The van der Waals surface area contributed by atoms with Gasteiger partial charge in [-0.2, -0.15) is 0 Å². The van der Waals surface area contributed by atoms with E-state index in [1.54, 1.807) is 12.1 Å². The summed E-state index contributed by atoms with van der Waals surface area (Å²) in [4.78, 5) is 30.5. The Balaban J connectivity index is 0.000000314. The van der Waals surface area contributed by atoms with Crippen molar-refractivity contribution in [2.24, 2.45) is 0 Å². The predicted molar refractivity (Wildman–Crippen MR) is 169 cm³/mol. The number of aromatic carboxylic acids is 1. The third kappa shape index (κ3) is 7.47. The van der Waals surface area contributed by atoms with Crippen LogP contribution in [0.3, 0.4) is 0 Å². The van der Waals surface area contributed by atoms with Crippen molar-refractivity contribution in [1.29, 1.82) is 0 Å². The van der Waals surface area contributed by atoms with Gasteiger partial charge in [0.2, 0.25) is 0 Å². The first-order valence-corrected chi connectivity index (χ1v) is 15.1. The molecule has 3 aromatic rings. The van der Waals surface area contributed by atoms with Crippen molar-refractivity contribution in [2.45, 2.75) is 32.2 Å². The highest BCUT2D eigenvalue weighted by Gasteiger charge is 2.27. The maximum Gasteiger partial charge on any atom is 0.339 e. The highest BCUT2D eigenvalue weighted by Crippen LogP contribution is 2.33. The molecule has 228 valence electrons. The molecular weight excluding hydrogens is 544 g/mol. The first kappa shape index (κ1) is 30.4. The third-order valence-corrected chi connectivity index (χ3v) is 8.65. The summed E-state index contributed by atoms with van der Waals surface area (Å²) in [5.41, 5.74) is 7.52. The number of amides is 1. The topological polar surface area (TPSA) is 106 Å². The first-order valence-electron chi connectivity index (χ1n) is 15.1. The van der Waals surface area contributed by atoms with Crippen molar-refractivity contribution in [3.05, 3.63) is 88.5 Å². The number of aromatic hydroxyl groups is 1. The van der Waals surface area contributed by atoms with Crippen LogP contribution in [0.5, 0.6) is 5.75 Å². The predicted octanol–water partition coefficient (Wildman–Crippen LogP) is 3.96. The van der Waals surface area contributed by atoms with E-state index in [4.69, 9.17) is 14.9 Å². The first-order chi connectivity index (χ1) is 20.8. The van der Waals surface area contributed by atoms with Crippen molar-refractivity contribution in [2.75, 3.05) is 69.3 Å². The van der Waals surface area contributed by atoms with Gasteiger partial charge >= 0.3 is 5.97 Å².